The highest BCUT2D eigenvalue weighted by molar-refractivity contribution is 5.74. The molecule has 1 aromatic heterocycles. The third-order valence-corrected chi connectivity index (χ3v) is 6.41. The van der Waals surface area contributed by atoms with Crippen LogP contribution in [0.25, 0.3) is 0 Å². The SMILES string of the molecule is CCC(C)c1nc(C)c(Cc2cc(C)ccc2C)c(N2CCN(C(=O)NC(C)C)CC2)n1. The number of rotatable bonds is 6. The van der Waals surface area contributed by atoms with E-state index < -0.39 is 0 Å². The summed E-state index contributed by atoms with van der Waals surface area (Å²) in [7, 11) is 0. The van der Waals surface area contributed by atoms with Gasteiger partial charge >= 0.3 is 6.03 Å². The number of nitrogens with zero attached hydrogens (tertiary/aromatic N) is 4. The minimum atomic E-state index is 0.0226. The molecule has 0 radical (unpaired) electrons. The zero-order valence-corrected chi connectivity index (χ0v) is 20.8. The smallest absolute Gasteiger partial charge is 0.317 e. The van der Waals surface area contributed by atoms with Crippen LogP contribution < -0.4 is 10.2 Å². The van der Waals surface area contributed by atoms with E-state index in [1.54, 1.807) is 0 Å². The molecule has 0 bridgehead atoms. The van der Waals surface area contributed by atoms with Crippen molar-refractivity contribution in [1.29, 1.82) is 0 Å². The van der Waals surface area contributed by atoms with Gasteiger partial charge in [0.15, 0.2) is 0 Å². The zero-order valence-electron chi connectivity index (χ0n) is 20.8. The Kier molecular flexibility index (Phi) is 7.75. The Bertz CT molecular complexity index is 947. The van der Waals surface area contributed by atoms with Crippen molar-refractivity contribution in [2.75, 3.05) is 31.1 Å². The summed E-state index contributed by atoms with van der Waals surface area (Å²) in [5, 5.41) is 3.01. The molecule has 1 fully saturated rings. The minimum absolute atomic E-state index is 0.0226. The first kappa shape index (κ1) is 24.0. The molecule has 1 aromatic carbocycles. The topological polar surface area (TPSA) is 61.4 Å². The monoisotopic (exact) mass is 437 g/mol. The van der Waals surface area contributed by atoms with E-state index in [2.05, 4.69) is 63.0 Å². The summed E-state index contributed by atoms with van der Waals surface area (Å²) in [5.41, 5.74) is 6.15. The molecule has 0 saturated carbocycles. The average Bonchev–Trinajstić information content (AvgIpc) is 2.76. The number of anilines is 1. The maximum absolute atomic E-state index is 12.4. The zero-order chi connectivity index (χ0) is 23.4. The molecule has 0 spiro atoms. The van der Waals surface area contributed by atoms with Gasteiger partial charge in [-0.1, -0.05) is 37.6 Å². The first-order valence-corrected chi connectivity index (χ1v) is 11.9. The van der Waals surface area contributed by atoms with Gasteiger partial charge in [0.05, 0.1) is 0 Å². The summed E-state index contributed by atoms with van der Waals surface area (Å²) in [6, 6.07) is 6.80. The Morgan fingerprint density at radius 2 is 1.75 bits per heavy atom. The fourth-order valence-corrected chi connectivity index (χ4v) is 4.11. The van der Waals surface area contributed by atoms with Gasteiger partial charge in [0.25, 0.3) is 0 Å². The highest BCUT2D eigenvalue weighted by atomic mass is 16.2. The molecular weight excluding hydrogens is 398 g/mol. The van der Waals surface area contributed by atoms with Gasteiger partial charge in [0, 0.05) is 55.8 Å². The molecule has 1 unspecified atom stereocenters. The third-order valence-electron chi connectivity index (χ3n) is 6.41. The van der Waals surface area contributed by atoms with Gasteiger partial charge in [0.2, 0.25) is 0 Å². The van der Waals surface area contributed by atoms with E-state index in [-0.39, 0.29) is 12.1 Å². The Morgan fingerprint density at radius 1 is 1.06 bits per heavy atom. The Morgan fingerprint density at radius 3 is 2.38 bits per heavy atom. The largest absolute Gasteiger partial charge is 0.353 e. The van der Waals surface area contributed by atoms with E-state index in [4.69, 9.17) is 9.97 Å². The van der Waals surface area contributed by atoms with E-state index in [1.807, 2.05) is 18.7 Å². The molecular formula is C26H39N5O. The molecule has 1 aliphatic rings. The lowest BCUT2D eigenvalue weighted by atomic mass is 9.97. The van der Waals surface area contributed by atoms with E-state index >= 15 is 0 Å². The van der Waals surface area contributed by atoms with Crippen LogP contribution in [0.3, 0.4) is 0 Å². The molecule has 2 heterocycles. The number of carbonyl (C=O) groups excluding carboxylic acids is 1. The summed E-state index contributed by atoms with van der Waals surface area (Å²) in [6.45, 7) is 17.7. The van der Waals surface area contributed by atoms with E-state index in [0.29, 0.717) is 19.0 Å². The second kappa shape index (κ2) is 10.3. The molecule has 2 amide bonds. The number of carbonyl (C=O) groups is 1. The van der Waals surface area contributed by atoms with Gasteiger partial charge in [-0.15, -0.1) is 0 Å². The molecule has 6 heteroatoms. The van der Waals surface area contributed by atoms with Crippen molar-refractivity contribution in [2.24, 2.45) is 0 Å². The predicted molar refractivity (Wildman–Crippen MR) is 132 cm³/mol. The fraction of sp³-hybridized carbons (Fsp3) is 0.577. The van der Waals surface area contributed by atoms with Crippen LogP contribution in [0.15, 0.2) is 18.2 Å². The summed E-state index contributed by atoms with van der Waals surface area (Å²) in [4.78, 5) is 26.7. The van der Waals surface area contributed by atoms with E-state index in [0.717, 1.165) is 43.3 Å². The Labute approximate surface area is 193 Å². The van der Waals surface area contributed by atoms with Crippen molar-refractivity contribution < 1.29 is 4.79 Å². The third kappa shape index (κ3) is 5.59. The van der Waals surface area contributed by atoms with Crippen molar-refractivity contribution >= 4 is 11.8 Å². The van der Waals surface area contributed by atoms with Crippen LogP contribution in [0.4, 0.5) is 10.6 Å². The van der Waals surface area contributed by atoms with E-state index in [1.165, 1.54) is 22.3 Å². The average molecular weight is 438 g/mol. The van der Waals surface area contributed by atoms with Gasteiger partial charge in [-0.25, -0.2) is 14.8 Å². The lowest BCUT2D eigenvalue weighted by Gasteiger charge is -2.37. The van der Waals surface area contributed by atoms with Crippen LogP contribution in [0.2, 0.25) is 0 Å². The molecule has 1 N–H and O–H groups in total. The van der Waals surface area contributed by atoms with Crippen molar-refractivity contribution in [1.82, 2.24) is 20.2 Å². The number of piperazine rings is 1. The molecule has 174 valence electrons. The quantitative estimate of drug-likeness (QED) is 0.709. The van der Waals surface area contributed by atoms with Gasteiger partial charge in [0.1, 0.15) is 11.6 Å². The summed E-state index contributed by atoms with van der Waals surface area (Å²) in [5.74, 6) is 2.28. The number of nitrogens with one attached hydrogen (secondary N) is 1. The summed E-state index contributed by atoms with van der Waals surface area (Å²) >= 11 is 0. The summed E-state index contributed by atoms with van der Waals surface area (Å²) < 4.78 is 0. The number of hydrogen-bond donors (Lipinski definition) is 1. The number of amides is 2. The van der Waals surface area contributed by atoms with Gasteiger partial charge < -0.3 is 15.1 Å². The number of hydrogen-bond acceptors (Lipinski definition) is 4. The predicted octanol–water partition coefficient (Wildman–Crippen LogP) is 4.75. The first-order valence-electron chi connectivity index (χ1n) is 11.9. The van der Waals surface area contributed by atoms with Crippen LogP contribution in [-0.2, 0) is 6.42 Å². The maximum atomic E-state index is 12.4. The molecule has 2 aromatic rings. The molecule has 3 rings (SSSR count). The van der Waals surface area contributed by atoms with Crippen molar-refractivity contribution in [3.8, 4) is 0 Å². The molecule has 0 aliphatic carbocycles. The molecule has 6 nitrogen and oxygen atoms in total. The first-order chi connectivity index (χ1) is 15.2. The summed E-state index contributed by atoms with van der Waals surface area (Å²) in [6.07, 6.45) is 1.84. The normalized spacial score (nSPS) is 15.2. The Hall–Kier alpha value is -2.63. The van der Waals surface area contributed by atoms with Crippen LogP contribution in [0.1, 0.15) is 73.8 Å². The molecule has 1 aliphatic heterocycles. The highest BCUT2D eigenvalue weighted by Gasteiger charge is 2.26. The Balaban J connectivity index is 1.91. The second-order valence-corrected chi connectivity index (χ2v) is 9.46. The molecule has 1 atom stereocenters. The number of aryl methyl sites for hydroxylation is 3. The van der Waals surface area contributed by atoms with Crippen molar-refractivity contribution in [2.45, 2.75) is 73.3 Å². The number of benzene rings is 1. The van der Waals surface area contributed by atoms with Gasteiger partial charge in [-0.3, -0.25) is 0 Å². The van der Waals surface area contributed by atoms with Crippen molar-refractivity contribution in [3.63, 3.8) is 0 Å². The van der Waals surface area contributed by atoms with Crippen LogP contribution >= 0.6 is 0 Å². The van der Waals surface area contributed by atoms with Crippen LogP contribution in [0.5, 0.6) is 0 Å². The van der Waals surface area contributed by atoms with Crippen LogP contribution in [0, 0.1) is 20.8 Å². The molecule has 32 heavy (non-hydrogen) atoms. The number of aromatic nitrogens is 2. The fourth-order valence-electron chi connectivity index (χ4n) is 4.11. The lowest BCUT2D eigenvalue weighted by molar-refractivity contribution is 0.191. The highest BCUT2D eigenvalue weighted by Crippen LogP contribution is 2.29. The standard InChI is InChI=1S/C26H39N5O/c1-8-19(5)24-28-21(7)23(16-22-15-18(4)9-10-20(22)6)25(29-24)30-11-13-31(14-12-30)26(32)27-17(2)3/h9-10,15,17,19H,8,11-14,16H2,1-7H3,(H,27,32). The molecule has 1 saturated heterocycles. The number of urea groups is 1. The minimum Gasteiger partial charge on any atom is -0.353 e. The maximum Gasteiger partial charge on any atom is 0.317 e. The van der Waals surface area contributed by atoms with E-state index in [9.17, 15) is 4.79 Å². The lowest BCUT2D eigenvalue weighted by Crippen LogP contribution is -2.53. The van der Waals surface area contributed by atoms with Gasteiger partial charge in [-0.05, 0) is 52.2 Å². The second-order valence-electron chi connectivity index (χ2n) is 9.46. The van der Waals surface area contributed by atoms with Gasteiger partial charge in [-0.2, -0.15) is 0 Å². The van der Waals surface area contributed by atoms with Crippen LogP contribution in [-0.4, -0.2) is 53.1 Å². The van der Waals surface area contributed by atoms with Crippen molar-refractivity contribution in [3.05, 3.63) is 52.0 Å².